The highest BCUT2D eigenvalue weighted by Crippen LogP contribution is 2.31. The maximum atomic E-state index is 13.1. The zero-order valence-corrected chi connectivity index (χ0v) is 21.4. The van der Waals surface area contributed by atoms with Crippen molar-refractivity contribution < 1.29 is 13.2 Å². The van der Waals surface area contributed by atoms with Crippen LogP contribution in [0.2, 0.25) is 0 Å². The van der Waals surface area contributed by atoms with Crippen LogP contribution in [0.1, 0.15) is 24.5 Å². The van der Waals surface area contributed by atoms with Crippen LogP contribution in [-0.4, -0.2) is 52.6 Å². The molecule has 1 atom stereocenters. The first-order valence-corrected chi connectivity index (χ1v) is 13.2. The maximum absolute atomic E-state index is 13.1. The van der Waals surface area contributed by atoms with Crippen molar-refractivity contribution >= 4 is 49.9 Å². The second kappa shape index (κ2) is 9.36. The number of carbonyl (C=O) groups is 1. The quantitative estimate of drug-likeness (QED) is 0.383. The number of nitrogens with one attached hydrogen (secondary N) is 1. The molecule has 0 bridgehead atoms. The number of pyridine rings is 1. The Hall–Kier alpha value is -2.95. The van der Waals surface area contributed by atoms with Gasteiger partial charge in [-0.2, -0.15) is 0 Å². The van der Waals surface area contributed by atoms with E-state index in [0.717, 1.165) is 32.0 Å². The molecule has 34 heavy (non-hydrogen) atoms. The van der Waals surface area contributed by atoms with E-state index in [1.807, 2.05) is 23.5 Å². The first-order valence-electron chi connectivity index (χ1n) is 10.9. The molecule has 178 valence electrons. The third-order valence-corrected chi connectivity index (χ3v) is 8.84. The van der Waals surface area contributed by atoms with Crippen LogP contribution < -0.4 is 5.32 Å². The van der Waals surface area contributed by atoms with Gasteiger partial charge in [-0.05, 0) is 61.7 Å². The Kier molecular flexibility index (Phi) is 6.66. The minimum atomic E-state index is -3.52. The van der Waals surface area contributed by atoms with Crippen molar-refractivity contribution in [3.05, 3.63) is 59.7 Å². The molecule has 4 rings (SSSR count). The number of anilines is 1. The van der Waals surface area contributed by atoms with Gasteiger partial charge in [-0.25, -0.2) is 12.7 Å². The van der Waals surface area contributed by atoms with E-state index in [9.17, 15) is 13.2 Å². The molecule has 2 heterocycles. The number of rotatable bonds is 7. The molecule has 0 aliphatic rings. The number of hydrogen-bond donors (Lipinski definition) is 1. The Bertz CT molecular complexity index is 1480. The second-order valence-electron chi connectivity index (χ2n) is 8.29. The topological polar surface area (TPSA) is 96.7 Å². The Balaban J connectivity index is 1.60. The van der Waals surface area contributed by atoms with E-state index in [0.29, 0.717) is 17.3 Å². The fourth-order valence-electron chi connectivity index (χ4n) is 3.80. The number of amides is 1. The molecule has 0 aliphatic heterocycles. The van der Waals surface area contributed by atoms with Crippen LogP contribution in [0, 0.1) is 13.8 Å². The van der Waals surface area contributed by atoms with Gasteiger partial charge in [0.25, 0.3) is 0 Å². The highest BCUT2D eigenvalue weighted by molar-refractivity contribution is 8.00. The summed E-state index contributed by atoms with van der Waals surface area (Å²) in [5.74, 6) is -0.180. The van der Waals surface area contributed by atoms with Gasteiger partial charge in [-0.15, -0.1) is 10.2 Å². The highest BCUT2D eigenvalue weighted by atomic mass is 32.2. The van der Waals surface area contributed by atoms with Crippen molar-refractivity contribution in [2.75, 3.05) is 19.4 Å². The second-order valence-corrected chi connectivity index (χ2v) is 11.6. The molecule has 2 aromatic carbocycles. The summed E-state index contributed by atoms with van der Waals surface area (Å²) in [5.41, 5.74) is 4.55. The highest BCUT2D eigenvalue weighted by Gasteiger charge is 2.23. The summed E-state index contributed by atoms with van der Waals surface area (Å²) in [6.07, 6.45) is 0.585. The van der Waals surface area contributed by atoms with Crippen LogP contribution in [-0.2, 0) is 14.8 Å². The number of carbonyl (C=O) groups excluding carboxylic acids is 1. The summed E-state index contributed by atoms with van der Waals surface area (Å²) in [5, 5.41) is 13.0. The lowest BCUT2D eigenvalue weighted by Gasteiger charge is -2.16. The molecule has 0 saturated heterocycles. The zero-order valence-electron chi connectivity index (χ0n) is 19.7. The van der Waals surface area contributed by atoms with E-state index >= 15 is 0 Å². The predicted octanol–water partition coefficient (Wildman–Crippen LogP) is 4.26. The number of benzene rings is 2. The maximum Gasteiger partial charge on any atom is 0.242 e. The van der Waals surface area contributed by atoms with Crippen molar-refractivity contribution in [2.45, 2.75) is 42.5 Å². The van der Waals surface area contributed by atoms with Crippen LogP contribution in [0.4, 0.5) is 5.69 Å². The Morgan fingerprint density at radius 2 is 1.79 bits per heavy atom. The van der Waals surface area contributed by atoms with Gasteiger partial charge < -0.3 is 5.32 Å². The van der Waals surface area contributed by atoms with Gasteiger partial charge in [0.05, 0.1) is 15.7 Å². The molecule has 10 heteroatoms. The number of thioether (sulfide) groups is 1. The fourth-order valence-corrected chi connectivity index (χ4v) is 5.67. The van der Waals surface area contributed by atoms with Gasteiger partial charge in [-0.1, -0.05) is 36.9 Å². The molecule has 1 N–H and O–H groups in total. The summed E-state index contributed by atoms with van der Waals surface area (Å²) < 4.78 is 27.7. The van der Waals surface area contributed by atoms with Crippen LogP contribution in [0.3, 0.4) is 0 Å². The van der Waals surface area contributed by atoms with E-state index < -0.39 is 15.3 Å². The third kappa shape index (κ3) is 4.40. The molecule has 0 fully saturated rings. The summed E-state index contributed by atoms with van der Waals surface area (Å²) in [6, 6.07) is 14.3. The van der Waals surface area contributed by atoms with E-state index in [2.05, 4.69) is 41.5 Å². The number of nitrogens with zero attached hydrogens (tertiary/aromatic N) is 4. The normalized spacial score (nSPS) is 13.0. The monoisotopic (exact) mass is 497 g/mol. The Morgan fingerprint density at radius 3 is 2.44 bits per heavy atom. The number of sulfonamides is 1. The van der Waals surface area contributed by atoms with E-state index in [-0.39, 0.29) is 10.8 Å². The summed E-state index contributed by atoms with van der Waals surface area (Å²) in [4.78, 5) is 13.2. The SMILES string of the molecule is CCC(Sc1nnc2cc(C)c3cccc(C)c3n12)C(=O)Nc1ccc(S(=O)(=O)N(C)C)cc1. The predicted molar refractivity (Wildman–Crippen MR) is 136 cm³/mol. The first-order chi connectivity index (χ1) is 16.1. The summed E-state index contributed by atoms with van der Waals surface area (Å²) >= 11 is 1.37. The fraction of sp³-hybridized carbons (Fsp3) is 0.292. The molecule has 1 unspecified atom stereocenters. The van der Waals surface area contributed by atoms with Gasteiger partial charge >= 0.3 is 0 Å². The van der Waals surface area contributed by atoms with Crippen LogP contribution in [0.5, 0.6) is 0 Å². The first kappa shape index (κ1) is 24.2. The minimum absolute atomic E-state index is 0.171. The molecular formula is C24H27N5O3S2. The largest absolute Gasteiger partial charge is 0.325 e. The van der Waals surface area contributed by atoms with Crippen molar-refractivity contribution in [1.82, 2.24) is 18.9 Å². The average Bonchev–Trinajstić information content (AvgIpc) is 3.20. The number of aromatic nitrogens is 3. The van der Waals surface area contributed by atoms with Gasteiger partial charge in [0.2, 0.25) is 15.9 Å². The zero-order chi connectivity index (χ0) is 24.6. The van der Waals surface area contributed by atoms with Crippen molar-refractivity contribution in [1.29, 1.82) is 0 Å². The lowest BCUT2D eigenvalue weighted by molar-refractivity contribution is -0.115. The molecule has 8 nitrogen and oxygen atoms in total. The lowest BCUT2D eigenvalue weighted by atomic mass is 10.1. The van der Waals surface area contributed by atoms with Crippen molar-refractivity contribution in [2.24, 2.45) is 0 Å². The number of hydrogen-bond acceptors (Lipinski definition) is 6. The number of aryl methyl sites for hydroxylation is 2. The smallest absolute Gasteiger partial charge is 0.242 e. The van der Waals surface area contributed by atoms with Gasteiger partial charge in [0.1, 0.15) is 0 Å². The van der Waals surface area contributed by atoms with Crippen LogP contribution >= 0.6 is 11.8 Å². The molecule has 0 spiro atoms. The lowest BCUT2D eigenvalue weighted by Crippen LogP contribution is -2.25. The molecule has 0 aliphatic carbocycles. The average molecular weight is 498 g/mol. The molecule has 4 aromatic rings. The molecule has 0 saturated carbocycles. The minimum Gasteiger partial charge on any atom is -0.325 e. The molecule has 1 amide bonds. The van der Waals surface area contributed by atoms with Gasteiger partial charge in [-0.3, -0.25) is 9.20 Å². The number of para-hydroxylation sites is 1. The van der Waals surface area contributed by atoms with Crippen molar-refractivity contribution in [3.63, 3.8) is 0 Å². The molecule has 2 aromatic heterocycles. The third-order valence-electron chi connectivity index (χ3n) is 5.70. The van der Waals surface area contributed by atoms with Crippen molar-refractivity contribution in [3.8, 4) is 0 Å². The van der Waals surface area contributed by atoms with E-state index in [1.54, 1.807) is 12.1 Å². The standard InChI is InChI=1S/C24H27N5O3S2/c1-6-20(23(30)25-17-10-12-18(13-11-17)34(31,32)28(4)5)33-24-27-26-21-14-16(3)19-9-7-8-15(2)22(19)29(21)24/h7-14,20H,6H2,1-5H3,(H,25,30). The van der Waals surface area contributed by atoms with Gasteiger partial charge in [0.15, 0.2) is 10.8 Å². The van der Waals surface area contributed by atoms with E-state index in [4.69, 9.17) is 0 Å². The summed E-state index contributed by atoms with van der Waals surface area (Å²) in [6.45, 7) is 6.06. The summed E-state index contributed by atoms with van der Waals surface area (Å²) in [7, 11) is -0.563. The van der Waals surface area contributed by atoms with Gasteiger partial charge in [0, 0.05) is 25.2 Å². The Morgan fingerprint density at radius 1 is 1.09 bits per heavy atom. The van der Waals surface area contributed by atoms with Crippen LogP contribution in [0.25, 0.3) is 16.6 Å². The molecular weight excluding hydrogens is 470 g/mol. The Labute approximate surface area is 203 Å². The van der Waals surface area contributed by atoms with E-state index in [1.165, 1.54) is 38.0 Å². The van der Waals surface area contributed by atoms with Crippen LogP contribution in [0.15, 0.2) is 58.6 Å². The molecule has 0 radical (unpaired) electrons. The number of fused-ring (bicyclic) bond motifs is 3.